The number of ether oxygens (including phenoxy) is 1. The van der Waals surface area contributed by atoms with Gasteiger partial charge in [-0.05, 0) is 13.0 Å². The van der Waals surface area contributed by atoms with Crippen LogP contribution in [0.4, 0.5) is 8.78 Å². The molecule has 1 heterocycles. The molecule has 1 aromatic rings. The van der Waals surface area contributed by atoms with Gasteiger partial charge in [0.25, 0.3) is 0 Å². The van der Waals surface area contributed by atoms with Crippen molar-refractivity contribution in [3.63, 3.8) is 0 Å². The molecule has 1 nitrogen and oxygen atoms in total. The zero-order chi connectivity index (χ0) is 8.77. The molecule has 0 radical (unpaired) electrons. The summed E-state index contributed by atoms with van der Waals surface area (Å²) in [5, 5.41) is 0. The minimum atomic E-state index is -0.816. The minimum Gasteiger partial charge on any atom is -0.365 e. The molecule has 0 spiro atoms. The molecule has 0 amide bonds. The van der Waals surface area contributed by atoms with E-state index in [1.54, 1.807) is 13.0 Å². The lowest BCUT2D eigenvalue weighted by molar-refractivity contribution is 0.318. The van der Waals surface area contributed by atoms with Gasteiger partial charge < -0.3 is 4.74 Å². The molecule has 1 fully saturated rings. The summed E-state index contributed by atoms with van der Waals surface area (Å²) in [6.45, 7) is 2.21. The van der Waals surface area contributed by atoms with Gasteiger partial charge in [-0.1, -0.05) is 12.1 Å². The van der Waals surface area contributed by atoms with E-state index in [-0.39, 0.29) is 0 Å². The van der Waals surface area contributed by atoms with Crippen LogP contribution < -0.4 is 0 Å². The Morgan fingerprint density at radius 2 is 2.08 bits per heavy atom. The third-order valence-corrected chi connectivity index (χ3v) is 2.10. The lowest BCUT2D eigenvalue weighted by Crippen LogP contribution is -2.06. The molecule has 1 aromatic carbocycles. The van der Waals surface area contributed by atoms with Gasteiger partial charge in [-0.2, -0.15) is 0 Å². The van der Waals surface area contributed by atoms with Crippen molar-refractivity contribution in [3.8, 4) is 0 Å². The maximum absolute atomic E-state index is 13.1. The van der Waals surface area contributed by atoms with Crippen molar-refractivity contribution >= 4 is 0 Å². The third kappa shape index (κ3) is 1.01. The second kappa shape index (κ2) is 2.26. The van der Waals surface area contributed by atoms with E-state index >= 15 is 0 Å². The van der Waals surface area contributed by atoms with Crippen LogP contribution in [-0.4, -0.2) is 6.61 Å². The molecular weight excluding hydrogens is 162 g/mol. The predicted octanol–water partition coefficient (Wildman–Crippen LogP) is 2.21. The number of hydrogen-bond acceptors (Lipinski definition) is 1. The van der Waals surface area contributed by atoms with Gasteiger partial charge in [0, 0.05) is 5.56 Å². The third-order valence-electron chi connectivity index (χ3n) is 2.10. The van der Waals surface area contributed by atoms with E-state index in [0.29, 0.717) is 12.2 Å². The van der Waals surface area contributed by atoms with Crippen LogP contribution in [0.25, 0.3) is 0 Å². The van der Waals surface area contributed by atoms with Crippen molar-refractivity contribution in [1.29, 1.82) is 0 Å². The molecule has 1 aliphatic rings. The quantitative estimate of drug-likeness (QED) is 0.588. The Balaban J connectivity index is 2.51. The summed E-state index contributed by atoms with van der Waals surface area (Å²) in [7, 11) is 0. The molecule has 0 aromatic heterocycles. The summed E-state index contributed by atoms with van der Waals surface area (Å²) in [5.41, 5.74) is -0.283. The number of rotatable bonds is 1. The molecule has 12 heavy (non-hydrogen) atoms. The zero-order valence-corrected chi connectivity index (χ0v) is 6.60. The van der Waals surface area contributed by atoms with Crippen molar-refractivity contribution in [2.45, 2.75) is 12.5 Å². The van der Waals surface area contributed by atoms with Crippen LogP contribution in [-0.2, 0) is 10.3 Å². The van der Waals surface area contributed by atoms with E-state index in [1.165, 1.54) is 6.07 Å². The van der Waals surface area contributed by atoms with Gasteiger partial charge in [0.15, 0.2) is 11.6 Å². The van der Waals surface area contributed by atoms with Gasteiger partial charge in [0.05, 0.1) is 6.61 Å². The smallest absolute Gasteiger partial charge is 0.164 e. The number of epoxide rings is 1. The van der Waals surface area contributed by atoms with E-state index in [0.717, 1.165) is 6.07 Å². The largest absolute Gasteiger partial charge is 0.365 e. The fourth-order valence-corrected chi connectivity index (χ4v) is 1.18. The highest BCUT2D eigenvalue weighted by atomic mass is 19.2. The average Bonchev–Trinajstić information content (AvgIpc) is 2.75. The monoisotopic (exact) mass is 170 g/mol. The van der Waals surface area contributed by atoms with Crippen LogP contribution in [0.2, 0.25) is 0 Å². The van der Waals surface area contributed by atoms with Gasteiger partial charge in [0.2, 0.25) is 0 Å². The second-order valence-corrected chi connectivity index (χ2v) is 3.12. The van der Waals surface area contributed by atoms with Gasteiger partial charge >= 0.3 is 0 Å². The molecule has 2 rings (SSSR count). The molecule has 1 saturated heterocycles. The van der Waals surface area contributed by atoms with E-state index in [4.69, 9.17) is 4.74 Å². The summed E-state index contributed by atoms with van der Waals surface area (Å²) in [6, 6.07) is 4.14. The first-order valence-corrected chi connectivity index (χ1v) is 3.72. The summed E-state index contributed by atoms with van der Waals surface area (Å²) in [4.78, 5) is 0. The molecule has 0 saturated carbocycles. The Hall–Kier alpha value is -0.960. The molecule has 0 N–H and O–H groups in total. The van der Waals surface area contributed by atoms with E-state index in [1.807, 2.05) is 0 Å². The van der Waals surface area contributed by atoms with Gasteiger partial charge in [-0.15, -0.1) is 0 Å². The summed E-state index contributed by atoms with van der Waals surface area (Å²) in [5.74, 6) is -1.61. The molecule has 0 aliphatic carbocycles. The first-order chi connectivity index (χ1) is 5.63. The average molecular weight is 170 g/mol. The van der Waals surface area contributed by atoms with Crippen molar-refractivity contribution in [2.24, 2.45) is 0 Å². The normalized spacial score (nSPS) is 27.2. The molecule has 0 bridgehead atoms. The van der Waals surface area contributed by atoms with E-state index in [9.17, 15) is 8.78 Å². The fourth-order valence-electron chi connectivity index (χ4n) is 1.18. The van der Waals surface area contributed by atoms with Crippen molar-refractivity contribution in [3.05, 3.63) is 35.4 Å². The molecule has 1 atom stereocenters. The highest BCUT2D eigenvalue weighted by Gasteiger charge is 2.43. The number of halogens is 2. The first-order valence-electron chi connectivity index (χ1n) is 3.72. The van der Waals surface area contributed by atoms with Gasteiger partial charge in [-0.3, -0.25) is 0 Å². The predicted molar refractivity (Wildman–Crippen MR) is 39.7 cm³/mol. The highest BCUT2D eigenvalue weighted by Crippen LogP contribution is 2.39. The lowest BCUT2D eigenvalue weighted by atomic mass is 10.0. The Morgan fingerprint density at radius 1 is 1.42 bits per heavy atom. The van der Waals surface area contributed by atoms with Crippen LogP contribution in [0, 0.1) is 11.6 Å². The topological polar surface area (TPSA) is 12.5 Å². The minimum absolute atomic E-state index is 0.308. The Labute approximate surface area is 69.0 Å². The molecule has 1 unspecified atom stereocenters. The fraction of sp³-hybridized carbons (Fsp3) is 0.333. The highest BCUT2D eigenvalue weighted by molar-refractivity contribution is 5.28. The Bertz CT molecular complexity index is 318. The Morgan fingerprint density at radius 3 is 2.67 bits per heavy atom. The zero-order valence-electron chi connectivity index (χ0n) is 6.60. The Kier molecular flexibility index (Phi) is 1.45. The van der Waals surface area contributed by atoms with E-state index in [2.05, 4.69) is 0 Å². The van der Waals surface area contributed by atoms with Crippen LogP contribution in [0.1, 0.15) is 12.5 Å². The lowest BCUT2D eigenvalue weighted by Gasteiger charge is -2.06. The standard InChI is InChI=1S/C9H8F2O/c1-9(5-12-9)6-3-2-4-7(10)8(6)11/h2-4H,5H2,1H3. The number of hydrogen-bond donors (Lipinski definition) is 0. The first kappa shape index (κ1) is 7.68. The van der Waals surface area contributed by atoms with Crippen LogP contribution in [0.15, 0.2) is 18.2 Å². The summed E-state index contributed by atoms with van der Waals surface area (Å²) < 4.78 is 30.8. The summed E-state index contributed by atoms with van der Waals surface area (Å²) in [6.07, 6.45) is 0. The molecular formula is C9H8F2O. The molecule has 64 valence electrons. The van der Waals surface area contributed by atoms with Crippen molar-refractivity contribution in [2.75, 3.05) is 6.61 Å². The van der Waals surface area contributed by atoms with Crippen LogP contribution >= 0.6 is 0 Å². The molecule has 3 heteroatoms. The van der Waals surface area contributed by atoms with Crippen LogP contribution in [0.5, 0.6) is 0 Å². The maximum atomic E-state index is 13.1. The summed E-state index contributed by atoms with van der Waals surface area (Å²) >= 11 is 0. The SMILES string of the molecule is CC1(c2cccc(F)c2F)CO1. The van der Waals surface area contributed by atoms with Crippen LogP contribution in [0.3, 0.4) is 0 Å². The van der Waals surface area contributed by atoms with E-state index < -0.39 is 17.2 Å². The van der Waals surface area contributed by atoms with Gasteiger partial charge in [-0.25, -0.2) is 8.78 Å². The van der Waals surface area contributed by atoms with Crippen molar-refractivity contribution < 1.29 is 13.5 Å². The number of benzene rings is 1. The van der Waals surface area contributed by atoms with Gasteiger partial charge in [0.1, 0.15) is 5.60 Å². The maximum Gasteiger partial charge on any atom is 0.164 e. The van der Waals surface area contributed by atoms with Crippen molar-refractivity contribution in [1.82, 2.24) is 0 Å². The molecule has 1 aliphatic heterocycles. The second-order valence-electron chi connectivity index (χ2n) is 3.12.